The van der Waals surface area contributed by atoms with E-state index in [1.54, 1.807) is 10.9 Å². The zero-order chi connectivity index (χ0) is 14.1. The van der Waals surface area contributed by atoms with E-state index in [0.717, 1.165) is 31.4 Å². The highest BCUT2D eigenvalue weighted by Crippen LogP contribution is 2.50. The summed E-state index contributed by atoms with van der Waals surface area (Å²) in [4.78, 5) is 0. The average Bonchev–Trinajstić information content (AvgIpc) is 2.87. The lowest BCUT2D eigenvalue weighted by molar-refractivity contribution is 0.00433. The van der Waals surface area contributed by atoms with E-state index in [-0.39, 0.29) is 5.41 Å². The van der Waals surface area contributed by atoms with Gasteiger partial charge in [-0.15, -0.1) is 0 Å². The van der Waals surface area contributed by atoms with Crippen LogP contribution in [0.1, 0.15) is 58.3 Å². The van der Waals surface area contributed by atoms with Crippen molar-refractivity contribution in [1.29, 1.82) is 5.26 Å². The van der Waals surface area contributed by atoms with Crippen LogP contribution in [0.4, 0.5) is 0 Å². The van der Waals surface area contributed by atoms with Crippen molar-refractivity contribution in [2.45, 2.75) is 59.1 Å². The number of nitriles is 1. The molecule has 1 fully saturated rings. The van der Waals surface area contributed by atoms with Crippen molar-refractivity contribution in [3.63, 3.8) is 0 Å². The number of nitrogens with zero attached hydrogens (tertiary/aromatic N) is 3. The van der Waals surface area contributed by atoms with Crippen molar-refractivity contribution in [2.24, 2.45) is 10.8 Å². The molecule has 1 N–H and O–H groups in total. The van der Waals surface area contributed by atoms with Gasteiger partial charge in [-0.2, -0.15) is 10.4 Å². The molecule has 0 amide bonds. The van der Waals surface area contributed by atoms with Crippen LogP contribution in [-0.4, -0.2) is 14.9 Å². The van der Waals surface area contributed by atoms with Gasteiger partial charge in [0.25, 0.3) is 0 Å². The van der Waals surface area contributed by atoms with Gasteiger partial charge in [-0.25, -0.2) is 0 Å². The van der Waals surface area contributed by atoms with Crippen LogP contribution in [-0.2, 0) is 6.54 Å². The number of hydrogen-bond donors (Lipinski definition) is 1. The second-order valence-electron chi connectivity index (χ2n) is 6.41. The Morgan fingerprint density at radius 3 is 2.58 bits per heavy atom. The lowest BCUT2D eigenvalue weighted by Crippen LogP contribution is -2.36. The molecule has 2 rings (SSSR count). The summed E-state index contributed by atoms with van der Waals surface area (Å²) in [6.45, 7) is 7.17. The number of aliphatic hydroxyl groups excluding tert-OH is 1. The summed E-state index contributed by atoms with van der Waals surface area (Å²) in [6, 6.07) is 4.23. The number of aryl methyl sites for hydroxylation is 1. The van der Waals surface area contributed by atoms with Gasteiger partial charge in [0.1, 0.15) is 6.10 Å². The third-order valence-electron chi connectivity index (χ3n) is 4.57. The zero-order valence-corrected chi connectivity index (χ0v) is 12.1. The predicted molar refractivity (Wildman–Crippen MR) is 73.2 cm³/mol. The highest BCUT2D eigenvalue weighted by molar-refractivity contribution is 5.17. The van der Waals surface area contributed by atoms with Crippen molar-refractivity contribution in [3.05, 3.63) is 18.0 Å². The van der Waals surface area contributed by atoms with E-state index >= 15 is 0 Å². The zero-order valence-electron chi connectivity index (χ0n) is 12.1. The predicted octanol–water partition coefficient (Wildman–Crippen LogP) is 3.05. The highest BCUT2D eigenvalue weighted by atomic mass is 16.3. The molecular weight excluding hydrogens is 238 g/mol. The fraction of sp³-hybridized carbons (Fsp3) is 0.733. The van der Waals surface area contributed by atoms with Crippen molar-refractivity contribution in [2.75, 3.05) is 0 Å². The maximum absolute atomic E-state index is 10.7. The van der Waals surface area contributed by atoms with Crippen molar-refractivity contribution in [3.8, 4) is 6.07 Å². The second-order valence-corrected chi connectivity index (χ2v) is 6.41. The fourth-order valence-electron chi connectivity index (χ4n) is 2.94. The molecule has 1 saturated carbocycles. The third kappa shape index (κ3) is 2.52. The van der Waals surface area contributed by atoms with Crippen molar-refractivity contribution in [1.82, 2.24) is 9.78 Å². The van der Waals surface area contributed by atoms with Gasteiger partial charge < -0.3 is 5.11 Å². The standard InChI is InChI=1S/C15H23N3O/c1-4-18-12(5-10-17-18)13(19)15(11-16)8-6-14(2,3)7-9-15/h5,10,13,19H,4,6-9H2,1-3H3. The molecule has 0 radical (unpaired) electrons. The van der Waals surface area contributed by atoms with E-state index in [1.165, 1.54) is 0 Å². The molecule has 19 heavy (non-hydrogen) atoms. The summed E-state index contributed by atoms with van der Waals surface area (Å²) in [5, 5.41) is 24.5. The summed E-state index contributed by atoms with van der Waals surface area (Å²) in [5.41, 5.74) is 0.400. The Balaban J connectivity index is 2.26. The van der Waals surface area contributed by atoms with Gasteiger partial charge >= 0.3 is 0 Å². The van der Waals surface area contributed by atoms with Gasteiger partial charge in [-0.3, -0.25) is 4.68 Å². The third-order valence-corrected chi connectivity index (χ3v) is 4.57. The lowest BCUT2D eigenvalue weighted by atomic mass is 9.63. The van der Waals surface area contributed by atoms with Gasteiger partial charge in [0, 0.05) is 12.7 Å². The first kappa shape index (κ1) is 14.1. The largest absolute Gasteiger partial charge is 0.385 e. The molecule has 104 valence electrons. The Kier molecular flexibility index (Phi) is 3.69. The average molecular weight is 261 g/mol. The molecule has 0 aromatic carbocycles. The summed E-state index contributed by atoms with van der Waals surface area (Å²) in [5.74, 6) is 0. The van der Waals surface area contributed by atoms with Crippen LogP contribution >= 0.6 is 0 Å². The molecule has 4 heteroatoms. The summed E-state index contributed by atoms with van der Waals surface area (Å²) < 4.78 is 1.78. The van der Waals surface area contributed by atoms with Crippen LogP contribution in [0.5, 0.6) is 0 Å². The van der Waals surface area contributed by atoms with Gasteiger partial charge in [0.2, 0.25) is 0 Å². The molecule has 1 aliphatic rings. The van der Waals surface area contributed by atoms with Crippen LogP contribution < -0.4 is 0 Å². The van der Waals surface area contributed by atoms with Crippen LogP contribution in [0.3, 0.4) is 0 Å². The maximum Gasteiger partial charge on any atom is 0.114 e. The first-order valence-corrected chi connectivity index (χ1v) is 7.05. The molecule has 1 heterocycles. The Morgan fingerprint density at radius 1 is 1.42 bits per heavy atom. The highest BCUT2D eigenvalue weighted by Gasteiger charge is 2.45. The van der Waals surface area contributed by atoms with E-state index in [2.05, 4.69) is 25.0 Å². The van der Waals surface area contributed by atoms with E-state index in [4.69, 9.17) is 0 Å². The monoisotopic (exact) mass is 261 g/mol. The minimum absolute atomic E-state index is 0.283. The number of hydrogen-bond acceptors (Lipinski definition) is 3. The van der Waals surface area contributed by atoms with Gasteiger partial charge in [0.15, 0.2) is 0 Å². The van der Waals surface area contributed by atoms with E-state index in [0.29, 0.717) is 6.54 Å². The van der Waals surface area contributed by atoms with Crippen molar-refractivity contribution >= 4 is 0 Å². The smallest absolute Gasteiger partial charge is 0.114 e. The first-order chi connectivity index (χ1) is 8.94. The van der Waals surface area contributed by atoms with E-state index in [1.807, 2.05) is 13.0 Å². The molecule has 1 atom stereocenters. The van der Waals surface area contributed by atoms with Crippen LogP contribution in [0.15, 0.2) is 12.3 Å². The molecule has 0 saturated heterocycles. The number of aliphatic hydroxyl groups is 1. The Bertz CT molecular complexity index is 474. The molecular formula is C15H23N3O. The van der Waals surface area contributed by atoms with Crippen LogP contribution in [0.25, 0.3) is 0 Å². The molecule has 1 unspecified atom stereocenters. The number of aromatic nitrogens is 2. The SMILES string of the molecule is CCn1nccc1C(O)C1(C#N)CCC(C)(C)CC1. The minimum Gasteiger partial charge on any atom is -0.385 e. The number of rotatable bonds is 3. The molecule has 1 aromatic rings. The topological polar surface area (TPSA) is 61.8 Å². The Hall–Kier alpha value is -1.34. The molecule has 1 aromatic heterocycles. The minimum atomic E-state index is -0.740. The van der Waals surface area contributed by atoms with Gasteiger partial charge in [-0.1, -0.05) is 13.8 Å². The molecule has 0 aliphatic heterocycles. The lowest BCUT2D eigenvalue weighted by Gasteiger charge is -2.41. The van der Waals surface area contributed by atoms with Crippen molar-refractivity contribution < 1.29 is 5.11 Å². The first-order valence-electron chi connectivity index (χ1n) is 7.05. The second kappa shape index (κ2) is 4.97. The van der Waals surface area contributed by atoms with Gasteiger partial charge in [0.05, 0.1) is 17.2 Å². The Labute approximate surface area is 115 Å². The summed E-state index contributed by atoms with van der Waals surface area (Å²) in [6.07, 6.45) is 4.44. The van der Waals surface area contributed by atoms with Gasteiger partial charge in [-0.05, 0) is 44.1 Å². The fourth-order valence-corrected chi connectivity index (χ4v) is 2.94. The summed E-state index contributed by atoms with van der Waals surface area (Å²) in [7, 11) is 0. The quantitative estimate of drug-likeness (QED) is 0.909. The maximum atomic E-state index is 10.7. The summed E-state index contributed by atoms with van der Waals surface area (Å²) >= 11 is 0. The normalized spacial score (nSPS) is 22.7. The molecule has 0 spiro atoms. The molecule has 0 bridgehead atoms. The van der Waals surface area contributed by atoms with Crippen LogP contribution in [0.2, 0.25) is 0 Å². The Morgan fingerprint density at radius 2 is 2.05 bits per heavy atom. The molecule has 4 nitrogen and oxygen atoms in total. The molecule has 1 aliphatic carbocycles. The van der Waals surface area contributed by atoms with E-state index in [9.17, 15) is 10.4 Å². The van der Waals surface area contributed by atoms with E-state index < -0.39 is 11.5 Å². The van der Waals surface area contributed by atoms with Crippen LogP contribution in [0, 0.1) is 22.2 Å².